The summed E-state index contributed by atoms with van der Waals surface area (Å²) in [5.41, 5.74) is 2.46. The van der Waals surface area contributed by atoms with Crippen LogP contribution in [-0.4, -0.2) is 54.7 Å². The Morgan fingerprint density at radius 2 is 1.79 bits per heavy atom. The van der Waals surface area contributed by atoms with E-state index >= 15 is 0 Å². The van der Waals surface area contributed by atoms with Gasteiger partial charge in [-0.25, -0.2) is 0 Å². The number of para-hydroxylation sites is 2. The van der Waals surface area contributed by atoms with Crippen LogP contribution in [0.5, 0.6) is 0 Å². The van der Waals surface area contributed by atoms with Crippen LogP contribution in [0.15, 0.2) is 24.3 Å². The van der Waals surface area contributed by atoms with Gasteiger partial charge in [0.25, 0.3) is 0 Å². The first kappa shape index (κ1) is 17.1. The zero-order chi connectivity index (χ0) is 16.9. The van der Waals surface area contributed by atoms with E-state index in [4.69, 9.17) is 0 Å². The Kier molecular flexibility index (Phi) is 5.61. The van der Waals surface area contributed by atoms with Gasteiger partial charge in [-0.1, -0.05) is 12.1 Å². The van der Waals surface area contributed by atoms with Crippen molar-refractivity contribution in [1.82, 2.24) is 4.90 Å². The molecule has 24 heavy (non-hydrogen) atoms. The Morgan fingerprint density at radius 3 is 2.42 bits per heavy atom. The molecule has 5 heteroatoms. The highest BCUT2D eigenvalue weighted by molar-refractivity contribution is 5.73. The van der Waals surface area contributed by atoms with Gasteiger partial charge in [0.05, 0.1) is 11.4 Å². The number of hydrogen-bond acceptors (Lipinski definition) is 4. The van der Waals surface area contributed by atoms with Gasteiger partial charge in [-0.3, -0.25) is 4.79 Å². The second-order valence-electron chi connectivity index (χ2n) is 7.05. The highest BCUT2D eigenvalue weighted by atomic mass is 16.3. The number of benzene rings is 1. The van der Waals surface area contributed by atoms with E-state index in [9.17, 15) is 9.90 Å². The zero-order valence-electron chi connectivity index (χ0n) is 14.6. The molecule has 2 N–H and O–H groups in total. The number of piperidine rings is 2. The number of nitrogens with zero attached hydrogens (tertiary/aromatic N) is 2. The van der Waals surface area contributed by atoms with Crippen molar-refractivity contribution in [3.63, 3.8) is 0 Å². The van der Waals surface area contributed by atoms with E-state index in [2.05, 4.69) is 34.5 Å². The zero-order valence-corrected chi connectivity index (χ0v) is 14.6. The predicted octanol–water partition coefficient (Wildman–Crippen LogP) is 2.32. The topological polar surface area (TPSA) is 55.8 Å². The number of rotatable bonds is 4. The summed E-state index contributed by atoms with van der Waals surface area (Å²) in [5, 5.41) is 13.0. The number of carbonyl (C=O) groups excluding carboxylic acids is 1. The Balaban J connectivity index is 1.62. The van der Waals surface area contributed by atoms with Gasteiger partial charge in [-0.05, 0) is 43.7 Å². The molecule has 0 radical (unpaired) electrons. The third-order valence-corrected chi connectivity index (χ3v) is 5.42. The lowest BCUT2D eigenvalue weighted by atomic mass is 9.97. The molecule has 1 amide bonds. The number of aliphatic hydroxyl groups excluding tert-OH is 1. The SMILES string of the molecule is CC(=O)N1CCC(Nc2ccccc2N2CCC(CO)CC2)CC1. The van der Waals surface area contributed by atoms with E-state index in [1.54, 1.807) is 6.92 Å². The van der Waals surface area contributed by atoms with Crippen LogP contribution in [0.25, 0.3) is 0 Å². The standard InChI is InChI=1S/C19H29N3O2/c1-15(24)21-12-8-17(9-13-21)20-18-4-2-3-5-19(18)22-10-6-16(14-23)7-11-22/h2-5,16-17,20,23H,6-14H2,1H3. The van der Waals surface area contributed by atoms with Gasteiger partial charge in [0, 0.05) is 45.8 Å². The summed E-state index contributed by atoms with van der Waals surface area (Å²) in [4.78, 5) is 15.8. The van der Waals surface area contributed by atoms with Gasteiger partial charge >= 0.3 is 0 Å². The van der Waals surface area contributed by atoms with Crippen molar-refractivity contribution in [1.29, 1.82) is 0 Å². The van der Waals surface area contributed by atoms with E-state index in [-0.39, 0.29) is 5.91 Å². The largest absolute Gasteiger partial charge is 0.396 e. The molecule has 0 aliphatic carbocycles. The molecular formula is C19H29N3O2. The first-order valence-corrected chi connectivity index (χ1v) is 9.14. The molecule has 132 valence electrons. The molecule has 0 spiro atoms. The third kappa shape index (κ3) is 4.01. The quantitative estimate of drug-likeness (QED) is 0.889. The lowest BCUT2D eigenvalue weighted by Gasteiger charge is -2.36. The van der Waals surface area contributed by atoms with Crippen molar-refractivity contribution in [3.05, 3.63) is 24.3 Å². The number of anilines is 2. The molecule has 2 heterocycles. The lowest BCUT2D eigenvalue weighted by Crippen LogP contribution is -2.41. The minimum Gasteiger partial charge on any atom is -0.396 e. The Hall–Kier alpha value is -1.75. The predicted molar refractivity (Wildman–Crippen MR) is 97.4 cm³/mol. The fraction of sp³-hybridized carbons (Fsp3) is 0.632. The number of amides is 1. The van der Waals surface area contributed by atoms with E-state index in [1.165, 1.54) is 11.4 Å². The van der Waals surface area contributed by atoms with Gasteiger partial charge < -0.3 is 20.2 Å². The number of hydrogen-bond donors (Lipinski definition) is 2. The Morgan fingerprint density at radius 1 is 1.12 bits per heavy atom. The van der Waals surface area contributed by atoms with Gasteiger partial charge in [0.1, 0.15) is 0 Å². The normalized spacial score (nSPS) is 20.2. The average molecular weight is 331 g/mol. The molecule has 0 bridgehead atoms. The van der Waals surface area contributed by atoms with Gasteiger partial charge in [0.2, 0.25) is 5.91 Å². The molecule has 2 fully saturated rings. The first-order valence-electron chi connectivity index (χ1n) is 9.14. The van der Waals surface area contributed by atoms with Crippen LogP contribution in [0.3, 0.4) is 0 Å². The highest BCUT2D eigenvalue weighted by Crippen LogP contribution is 2.31. The van der Waals surface area contributed by atoms with Crippen LogP contribution in [-0.2, 0) is 4.79 Å². The second-order valence-corrected chi connectivity index (χ2v) is 7.05. The summed E-state index contributed by atoms with van der Waals surface area (Å²) < 4.78 is 0. The fourth-order valence-electron chi connectivity index (χ4n) is 3.79. The molecule has 3 rings (SSSR count). The van der Waals surface area contributed by atoms with Crippen molar-refractivity contribution in [2.45, 2.75) is 38.6 Å². The van der Waals surface area contributed by atoms with Crippen molar-refractivity contribution in [3.8, 4) is 0 Å². The van der Waals surface area contributed by atoms with Crippen LogP contribution in [0.4, 0.5) is 11.4 Å². The summed E-state index contributed by atoms with van der Waals surface area (Å²) in [7, 11) is 0. The van der Waals surface area contributed by atoms with Crippen LogP contribution < -0.4 is 10.2 Å². The molecule has 2 aliphatic heterocycles. The van der Waals surface area contributed by atoms with Gasteiger partial charge in [-0.15, -0.1) is 0 Å². The summed E-state index contributed by atoms with van der Waals surface area (Å²) >= 11 is 0. The number of carbonyl (C=O) groups is 1. The minimum atomic E-state index is 0.181. The van der Waals surface area contributed by atoms with Crippen LogP contribution in [0.1, 0.15) is 32.6 Å². The summed E-state index contributed by atoms with van der Waals surface area (Å²) in [6.45, 7) is 5.66. The van der Waals surface area contributed by atoms with Crippen molar-refractivity contribution in [2.75, 3.05) is 43.0 Å². The van der Waals surface area contributed by atoms with Gasteiger partial charge in [-0.2, -0.15) is 0 Å². The lowest BCUT2D eigenvalue weighted by molar-refractivity contribution is -0.129. The Bertz CT molecular complexity index is 547. The number of nitrogens with one attached hydrogen (secondary N) is 1. The van der Waals surface area contributed by atoms with E-state index < -0.39 is 0 Å². The van der Waals surface area contributed by atoms with Gasteiger partial charge in [0.15, 0.2) is 0 Å². The molecule has 0 atom stereocenters. The monoisotopic (exact) mass is 331 g/mol. The molecule has 0 aromatic heterocycles. The summed E-state index contributed by atoms with van der Waals surface area (Å²) in [5.74, 6) is 0.637. The van der Waals surface area contributed by atoms with Crippen molar-refractivity contribution in [2.24, 2.45) is 5.92 Å². The average Bonchev–Trinajstić information content (AvgIpc) is 2.63. The molecular weight excluding hydrogens is 302 g/mol. The fourth-order valence-corrected chi connectivity index (χ4v) is 3.79. The molecule has 5 nitrogen and oxygen atoms in total. The smallest absolute Gasteiger partial charge is 0.219 e. The summed E-state index contributed by atoms with van der Waals surface area (Å²) in [6.07, 6.45) is 4.12. The molecule has 0 saturated carbocycles. The highest BCUT2D eigenvalue weighted by Gasteiger charge is 2.23. The van der Waals surface area contributed by atoms with Crippen LogP contribution in [0, 0.1) is 5.92 Å². The molecule has 2 saturated heterocycles. The van der Waals surface area contributed by atoms with Crippen LogP contribution >= 0.6 is 0 Å². The third-order valence-electron chi connectivity index (χ3n) is 5.42. The number of likely N-dealkylation sites (tertiary alicyclic amines) is 1. The van der Waals surface area contributed by atoms with E-state index in [0.29, 0.717) is 18.6 Å². The van der Waals surface area contributed by atoms with E-state index in [0.717, 1.165) is 51.9 Å². The molecule has 0 unspecified atom stereocenters. The van der Waals surface area contributed by atoms with Crippen molar-refractivity contribution >= 4 is 17.3 Å². The molecule has 1 aromatic rings. The number of aliphatic hydroxyl groups is 1. The summed E-state index contributed by atoms with van der Waals surface area (Å²) in [6, 6.07) is 8.95. The maximum atomic E-state index is 11.5. The molecule has 1 aromatic carbocycles. The maximum absolute atomic E-state index is 11.5. The van der Waals surface area contributed by atoms with E-state index in [1.807, 2.05) is 4.90 Å². The van der Waals surface area contributed by atoms with Crippen LogP contribution in [0.2, 0.25) is 0 Å². The second kappa shape index (κ2) is 7.88. The van der Waals surface area contributed by atoms with Crippen molar-refractivity contribution < 1.29 is 9.90 Å². The molecule has 2 aliphatic rings. The maximum Gasteiger partial charge on any atom is 0.219 e. The Labute approximate surface area is 144 Å². The minimum absolute atomic E-state index is 0.181. The first-order chi connectivity index (χ1) is 11.7.